The third-order valence-corrected chi connectivity index (χ3v) is 6.11. The Hall–Kier alpha value is -2.64. The molecule has 30 heavy (non-hydrogen) atoms. The summed E-state index contributed by atoms with van der Waals surface area (Å²) in [7, 11) is 3.64. The standard InChI is InChI=1S/C23H28N4O2S/c1-4-29-19-12-10-17(11-13-19)21-9-6-14-26(21)16-27-23(30)25(2)22(24-27)18-7-5-8-20(15-18)28-3/h5,7-8,10-13,15,21H,4,6,9,14,16H2,1-3H3. The van der Waals surface area contributed by atoms with E-state index in [0.717, 1.165) is 35.9 Å². The van der Waals surface area contributed by atoms with E-state index in [0.29, 0.717) is 24.1 Å². The second kappa shape index (κ2) is 9.02. The summed E-state index contributed by atoms with van der Waals surface area (Å²) in [6.07, 6.45) is 2.30. The number of hydrogen-bond acceptors (Lipinski definition) is 5. The second-order valence-corrected chi connectivity index (χ2v) is 7.88. The van der Waals surface area contributed by atoms with Gasteiger partial charge in [-0.2, -0.15) is 5.10 Å². The summed E-state index contributed by atoms with van der Waals surface area (Å²) in [4.78, 5) is 2.45. The minimum atomic E-state index is 0.366. The largest absolute Gasteiger partial charge is 0.497 e. The number of aromatic nitrogens is 3. The first-order valence-corrected chi connectivity index (χ1v) is 10.8. The molecule has 0 radical (unpaired) electrons. The molecule has 0 N–H and O–H groups in total. The predicted molar refractivity (Wildman–Crippen MR) is 120 cm³/mol. The Labute approximate surface area is 182 Å². The average molecular weight is 425 g/mol. The maximum atomic E-state index is 5.70. The van der Waals surface area contributed by atoms with Crippen molar-refractivity contribution in [1.29, 1.82) is 0 Å². The van der Waals surface area contributed by atoms with E-state index < -0.39 is 0 Å². The molecule has 1 unspecified atom stereocenters. The van der Waals surface area contributed by atoms with Crippen LogP contribution in [-0.2, 0) is 13.7 Å². The highest BCUT2D eigenvalue weighted by atomic mass is 32.1. The van der Waals surface area contributed by atoms with Crippen LogP contribution in [0.5, 0.6) is 11.5 Å². The Morgan fingerprint density at radius 2 is 1.93 bits per heavy atom. The van der Waals surface area contributed by atoms with E-state index in [4.69, 9.17) is 26.8 Å². The summed E-state index contributed by atoms with van der Waals surface area (Å²) in [6.45, 7) is 4.39. The molecule has 0 bridgehead atoms. The highest BCUT2D eigenvalue weighted by Crippen LogP contribution is 2.33. The highest BCUT2D eigenvalue weighted by Gasteiger charge is 2.27. The van der Waals surface area contributed by atoms with Crippen molar-refractivity contribution in [1.82, 2.24) is 19.2 Å². The Morgan fingerprint density at radius 3 is 2.67 bits per heavy atom. The summed E-state index contributed by atoms with van der Waals surface area (Å²) in [5.74, 6) is 2.57. The van der Waals surface area contributed by atoms with E-state index >= 15 is 0 Å². The molecule has 0 amide bonds. The highest BCUT2D eigenvalue weighted by molar-refractivity contribution is 7.71. The molecule has 1 aliphatic heterocycles. The molecule has 1 fully saturated rings. The number of rotatable bonds is 7. The van der Waals surface area contributed by atoms with Crippen LogP contribution in [0.3, 0.4) is 0 Å². The second-order valence-electron chi connectivity index (χ2n) is 7.51. The van der Waals surface area contributed by atoms with Gasteiger partial charge in [0.1, 0.15) is 11.5 Å². The monoisotopic (exact) mass is 424 g/mol. The maximum Gasteiger partial charge on any atom is 0.199 e. The van der Waals surface area contributed by atoms with Gasteiger partial charge in [-0.25, -0.2) is 4.68 Å². The quantitative estimate of drug-likeness (QED) is 0.509. The van der Waals surface area contributed by atoms with Gasteiger partial charge in [0.15, 0.2) is 10.6 Å². The molecule has 7 heteroatoms. The van der Waals surface area contributed by atoms with E-state index in [1.807, 2.05) is 47.5 Å². The lowest BCUT2D eigenvalue weighted by Crippen LogP contribution is -2.27. The van der Waals surface area contributed by atoms with Crippen LogP contribution in [0.1, 0.15) is 31.4 Å². The summed E-state index contributed by atoms with van der Waals surface area (Å²) >= 11 is 5.70. The van der Waals surface area contributed by atoms with Gasteiger partial charge >= 0.3 is 0 Å². The van der Waals surface area contributed by atoms with Gasteiger partial charge in [-0.05, 0) is 61.8 Å². The lowest BCUT2D eigenvalue weighted by Gasteiger charge is -2.24. The third kappa shape index (κ3) is 4.13. The van der Waals surface area contributed by atoms with Crippen LogP contribution >= 0.6 is 12.2 Å². The molecule has 2 heterocycles. The molecule has 3 aromatic rings. The lowest BCUT2D eigenvalue weighted by molar-refractivity contribution is 0.190. The summed E-state index contributed by atoms with van der Waals surface area (Å²) in [5, 5.41) is 4.84. The van der Waals surface area contributed by atoms with Crippen molar-refractivity contribution in [2.24, 2.45) is 7.05 Å². The fourth-order valence-electron chi connectivity index (χ4n) is 4.09. The molecule has 1 aromatic heterocycles. The van der Waals surface area contributed by atoms with Gasteiger partial charge in [0.05, 0.1) is 20.4 Å². The van der Waals surface area contributed by atoms with Gasteiger partial charge in [0.2, 0.25) is 0 Å². The van der Waals surface area contributed by atoms with Crippen molar-refractivity contribution in [3.63, 3.8) is 0 Å². The van der Waals surface area contributed by atoms with E-state index in [1.165, 1.54) is 12.0 Å². The molecule has 2 aromatic carbocycles. The van der Waals surface area contributed by atoms with Crippen LogP contribution in [0, 0.1) is 4.77 Å². The summed E-state index contributed by atoms with van der Waals surface area (Å²) < 4.78 is 15.5. The van der Waals surface area contributed by atoms with Crippen LogP contribution < -0.4 is 9.47 Å². The minimum Gasteiger partial charge on any atom is -0.497 e. The molecular formula is C23H28N4O2S. The number of likely N-dealkylation sites (tertiary alicyclic amines) is 1. The fourth-order valence-corrected chi connectivity index (χ4v) is 4.28. The number of hydrogen-bond donors (Lipinski definition) is 0. The van der Waals surface area contributed by atoms with Gasteiger partial charge in [-0.3, -0.25) is 4.90 Å². The molecule has 0 spiro atoms. The smallest absolute Gasteiger partial charge is 0.199 e. The van der Waals surface area contributed by atoms with E-state index in [1.54, 1.807) is 7.11 Å². The molecule has 6 nitrogen and oxygen atoms in total. The van der Waals surface area contributed by atoms with Crippen molar-refractivity contribution in [3.8, 4) is 22.9 Å². The van der Waals surface area contributed by atoms with Gasteiger partial charge in [0.25, 0.3) is 0 Å². The Balaban J connectivity index is 1.57. The van der Waals surface area contributed by atoms with E-state index in [9.17, 15) is 0 Å². The molecule has 158 valence electrons. The maximum absolute atomic E-state index is 5.70. The van der Waals surface area contributed by atoms with Crippen LogP contribution in [0.15, 0.2) is 48.5 Å². The molecule has 1 aliphatic rings. The number of benzene rings is 2. The molecule has 1 saturated heterocycles. The van der Waals surface area contributed by atoms with Crippen molar-refractivity contribution >= 4 is 12.2 Å². The van der Waals surface area contributed by atoms with Crippen LogP contribution in [0.2, 0.25) is 0 Å². The van der Waals surface area contributed by atoms with Crippen molar-refractivity contribution in [2.45, 2.75) is 32.5 Å². The van der Waals surface area contributed by atoms with Crippen LogP contribution in [0.4, 0.5) is 0 Å². The molecule has 4 rings (SSSR count). The first-order valence-electron chi connectivity index (χ1n) is 10.4. The average Bonchev–Trinajstić information content (AvgIpc) is 3.35. The first-order chi connectivity index (χ1) is 14.6. The number of methoxy groups -OCH3 is 1. The number of nitrogens with zero attached hydrogens (tertiary/aromatic N) is 4. The van der Waals surface area contributed by atoms with Crippen molar-refractivity contribution in [2.75, 3.05) is 20.3 Å². The Kier molecular flexibility index (Phi) is 6.20. The van der Waals surface area contributed by atoms with E-state index in [-0.39, 0.29) is 0 Å². The molecule has 0 saturated carbocycles. The summed E-state index contributed by atoms with van der Waals surface area (Å²) in [6, 6.07) is 16.7. The normalized spacial score (nSPS) is 16.7. The predicted octanol–water partition coefficient (Wildman–Crippen LogP) is 4.82. The minimum absolute atomic E-state index is 0.366. The molecule has 1 atom stereocenters. The third-order valence-electron chi connectivity index (χ3n) is 5.62. The van der Waals surface area contributed by atoms with Crippen molar-refractivity contribution < 1.29 is 9.47 Å². The Morgan fingerprint density at radius 1 is 1.13 bits per heavy atom. The molecular weight excluding hydrogens is 396 g/mol. The Bertz CT molecular complexity index is 1060. The van der Waals surface area contributed by atoms with Gasteiger partial charge < -0.3 is 14.0 Å². The van der Waals surface area contributed by atoms with Crippen LogP contribution in [0.25, 0.3) is 11.4 Å². The van der Waals surface area contributed by atoms with Crippen LogP contribution in [-0.4, -0.2) is 39.5 Å². The van der Waals surface area contributed by atoms with E-state index in [2.05, 4.69) is 29.2 Å². The fraction of sp³-hybridized carbons (Fsp3) is 0.391. The lowest BCUT2D eigenvalue weighted by atomic mass is 10.0. The zero-order valence-electron chi connectivity index (χ0n) is 17.7. The zero-order valence-corrected chi connectivity index (χ0v) is 18.6. The van der Waals surface area contributed by atoms with Crippen molar-refractivity contribution in [3.05, 3.63) is 58.9 Å². The SMILES string of the molecule is CCOc1ccc(C2CCCN2Cn2nc(-c3cccc(OC)c3)n(C)c2=S)cc1. The number of ether oxygens (including phenoxy) is 2. The topological polar surface area (TPSA) is 44.4 Å². The van der Waals surface area contributed by atoms with Gasteiger partial charge in [-0.15, -0.1) is 0 Å². The van der Waals surface area contributed by atoms with Gasteiger partial charge in [0, 0.05) is 25.2 Å². The first kappa shape index (κ1) is 20.6. The zero-order chi connectivity index (χ0) is 21.1. The molecule has 0 aliphatic carbocycles. The summed E-state index contributed by atoms with van der Waals surface area (Å²) in [5.41, 5.74) is 2.30. The van der Waals surface area contributed by atoms with Gasteiger partial charge in [-0.1, -0.05) is 24.3 Å².